The molecule has 83 heavy (non-hydrogen) atoms. The lowest BCUT2D eigenvalue weighted by atomic mass is 10.0. The largest absolute Gasteiger partial charge is 0.466 e. The minimum absolute atomic E-state index is 0.0189. The van der Waals surface area contributed by atoms with E-state index in [0.717, 1.165) is 44.9 Å². The van der Waals surface area contributed by atoms with Crippen molar-refractivity contribution in [2.75, 3.05) is 13.2 Å². The molecule has 0 aliphatic carbocycles. The van der Waals surface area contributed by atoms with E-state index in [4.69, 9.17) is 4.74 Å². The van der Waals surface area contributed by atoms with Gasteiger partial charge in [-0.05, 0) is 57.8 Å². The van der Waals surface area contributed by atoms with Crippen molar-refractivity contribution < 1.29 is 24.5 Å². The molecule has 0 rings (SSSR count). The van der Waals surface area contributed by atoms with Crippen LogP contribution in [0.15, 0.2) is 24.3 Å². The van der Waals surface area contributed by atoms with E-state index >= 15 is 0 Å². The summed E-state index contributed by atoms with van der Waals surface area (Å²) >= 11 is 0. The van der Waals surface area contributed by atoms with Crippen molar-refractivity contribution in [1.29, 1.82) is 0 Å². The molecule has 0 heterocycles. The third-order valence-electron chi connectivity index (χ3n) is 18.0. The fourth-order valence-electron chi connectivity index (χ4n) is 12.2. The molecule has 3 N–H and O–H groups in total. The Morgan fingerprint density at radius 1 is 0.325 bits per heavy atom. The van der Waals surface area contributed by atoms with Gasteiger partial charge in [0.25, 0.3) is 0 Å². The normalized spacial score (nSPS) is 12.6. The Morgan fingerprint density at radius 3 is 0.855 bits per heavy atom. The van der Waals surface area contributed by atoms with E-state index in [2.05, 4.69) is 31.3 Å². The van der Waals surface area contributed by atoms with Gasteiger partial charge in [0.05, 0.1) is 25.4 Å². The van der Waals surface area contributed by atoms with Gasteiger partial charge in [-0.3, -0.25) is 9.59 Å². The highest BCUT2D eigenvalue weighted by molar-refractivity contribution is 5.76. The summed E-state index contributed by atoms with van der Waals surface area (Å²) in [4.78, 5) is 24.6. The summed E-state index contributed by atoms with van der Waals surface area (Å²) in [6.07, 6.45) is 92.9. The van der Waals surface area contributed by atoms with E-state index in [1.54, 1.807) is 6.08 Å². The maximum absolute atomic E-state index is 12.5. The molecule has 0 fully saturated rings. The smallest absolute Gasteiger partial charge is 0.305 e. The molecule has 0 saturated carbocycles. The van der Waals surface area contributed by atoms with E-state index in [9.17, 15) is 19.8 Å². The van der Waals surface area contributed by atoms with Crippen LogP contribution in [0.3, 0.4) is 0 Å². The van der Waals surface area contributed by atoms with Crippen LogP contribution in [0.1, 0.15) is 431 Å². The first-order valence-corrected chi connectivity index (χ1v) is 38.1. The van der Waals surface area contributed by atoms with E-state index in [-0.39, 0.29) is 18.5 Å². The summed E-state index contributed by atoms with van der Waals surface area (Å²) in [6.45, 7) is 4.94. The number of carbonyl (C=O) groups excluding carboxylic acids is 2. The molecular weight excluding hydrogens is 1020 g/mol. The third kappa shape index (κ3) is 69.3. The van der Waals surface area contributed by atoms with Gasteiger partial charge in [0, 0.05) is 12.8 Å². The molecule has 0 bridgehead atoms. The zero-order valence-electron chi connectivity index (χ0n) is 56.5. The summed E-state index contributed by atoms with van der Waals surface area (Å²) in [5.74, 6) is -0.0413. The number of unbranched alkanes of at least 4 members (excludes halogenated alkanes) is 59. The molecule has 0 radical (unpaired) electrons. The topological polar surface area (TPSA) is 95.9 Å². The number of hydrogen-bond acceptors (Lipinski definition) is 5. The second-order valence-electron chi connectivity index (χ2n) is 26.3. The molecule has 1 amide bonds. The fourth-order valence-corrected chi connectivity index (χ4v) is 12.2. The second-order valence-corrected chi connectivity index (χ2v) is 26.3. The van der Waals surface area contributed by atoms with Gasteiger partial charge in [0.15, 0.2) is 0 Å². The lowest BCUT2D eigenvalue weighted by Gasteiger charge is -2.20. The summed E-state index contributed by atoms with van der Waals surface area (Å²) in [5, 5.41) is 23.2. The van der Waals surface area contributed by atoms with Gasteiger partial charge >= 0.3 is 5.97 Å². The maximum Gasteiger partial charge on any atom is 0.305 e. The third-order valence-corrected chi connectivity index (χ3v) is 18.0. The van der Waals surface area contributed by atoms with Crippen LogP contribution in [0.25, 0.3) is 0 Å². The molecule has 2 atom stereocenters. The van der Waals surface area contributed by atoms with Gasteiger partial charge in [-0.2, -0.15) is 0 Å². The number of nitrogens with one attached hydrogen (secondary N) is 1. The van der Waals surface area contributed by atoms with Crippen molar-refractivity contribution in [3.63, 3.8) is 0 Å². The molecule has 6 heteroatoms. The number of amides is 1. The van der Waals surface area contributed by atoms with Crippen LogP contribution in [0.2, 0.25) is 0 Å². The van der Waals surface area contributed by atoms with Crippen LogP contribution in [0.5, 0.6) is 0 Å². The van der Waals surface area contributed by atoms with Crippen molar-refractivity contribution in [1.82, 2.24) is 5.32 Å². The number of esters is 1. The van der Waals surface area contributed by atoms with Gasteiger partial charge in [0.1, 0.15) is 0 Å². The van der Waals surface area contributed by atoms with E-state index in [1.165, 1.54) is 360 Å². The minimum Gasteiger partial charge on any atom is -0.466 e. The van der Waals surface area contributed by atoms with Gasteiger partial charge in [-0.25, -0.2) is 0 Å². The van der Waals surface area contributed by atoms with Crippen LogP contribution >= 0.6 is 0 Å². The van der Waals surface area contributed by atoms with Crippen molar-refractivity contribution in [2.45, 2.75) is 443 Å². The fraction of sp³-hybridized carbons (Fsp3) is 0.922. The lowest BCUT2D eigenvalue weighted by molar-refractivity contribution is -0.143. The van der Waals surface area contributed by atoms with Gasteiger partial charge in [-0.1, -0.05) is 385 Å². The summed E-state index contributed by atoms with van der Waals surface area (Å²) in [7, 11) is 0. The molecule has 0 spiro atoms. The van der Waals surface area contributed by atoms with Crippen molar-refractivity contribution in [3.8, 4) is 0 Å². The standard InChI is InChI=1S/C77H149NO5/c1-3-5-7-9-11-13-15-17-19-21-39-43-47-51-55-59-63-67-71-77(82)83-72-68-64-60-56-52-48-44-40-37-35-33-31-29-27-25-23-22-24-26-28-30-32-34-36-38-42-46-50-54-58-62-66-70-76(81)78-74(73-79)75(80)69-65-61-57-53-49-45-41-20-18-16-14-12-10-8-6-4-2/h19,21,65,69,74-75,79-80H,3-18,20,22-64,66-68,70-73H2,1-2H3,(H,78,81)/b21-19-,69-65+. The lowest BCUT2D eigenvalue weighted by Crippen LogP contribution is -2.45. The van der Waals surface area contributed by atoms with Crippen LogP contribution in [0.4, 0.5) is 0 Å². The number of rotatable bonds is 72. The molecule has 0 aromatic rings. The predicted molar refractivity (Wildman–Crippen MR) is 366 cm³/mol. The number of carbonyl (C=O) groups is 2. The first-order valence-electron chi connectivity index (χ1n) is 38.1. The quantitative estimate of drug-likeness (QED) is 0.0320. The average Bonchev–Trinajstić information content (AvgIpc) is 3.49. The summed E-state index contributed by atoms with van der Waals surface area (Å²) < 4.78 is 5.51. The molecule has 0 aliphatic rings. The maximum atomic E-state index is 12.5. The predicted octanol–water partition coefficient (Wildman–Crippen LogP) is 24.9. The minimum atomic E-state index is -0.841. The number of hydrogen-bond donors (Lipinski definition) is 3. The highest BCUT2D eigenvalue weighted by Crippen LogP contribution is 2.19. The van der Waals surface area contributed by atoms with Gasteiger partial charge < -0.3 is 20.3 Å². The average molecular weight is 1170 g/mol. The molecule has 2 unspecified atom stereocenters. The Labute approximate surface area is 520 Å². The zero-order chi connectivity index (χ0) is 59.9. The second kappa shape index (κ2) is 72.8. The first-order chi connectivity index (χ1) is 41.0. The molecule has 0 saturated heterocycles. The molecule has 492 valence electrons. The van der Waals surface area contributed by atoms with Gasteiger partial charge in [0.2, 0.25) is 5.91 Å². The first kappa shape index (κ1) is 81.3. The highest BCUT2D eigenvalue weighted by atomic mass is 16.5. The zero-order valence-corrected chi connectivity index (χ0v) is 56.5. The van der Waals surface area contributed by atoms with Crippen molar-refractivity contribution >= 4 is 11.9 Å². The van der Waals surface area contributed by atoms with Gasteiger partial charge in [-0.15, -0.1) is 0 Å². The Hall–Kier alpha value is -1.66. The van der Waals surface area contributed by atoms with E-state index in [1.807, 2.05) is 6.08 Å². The number of allylic oxidation sites excluding steroid dienone is 3. The van der Waals surface area contributed by atoms with Crippen LogP contribution in [-0.2, 0) is 14.3 Å². The Morgan fingerprint density at radius 2 is 0.566 bits per heavy atom. The number of ether oxygens (including phenoxy) is 1. The Kier molecular flexibility index (Phi) is 71.4. The van der Waals surface area contributed by atoms with Crippen LogP contribution in [0, 0.1) is 0 Å². The molecule has 0 aliphatic heterocycles. The highest BCUT2D eigenvalue weighted by Gasteiger charge is 2.18. The van der Waals surface area contributed by atoms with Crippen molar-refractivity contribution in [3.05, 3.63) is 24.3 Å². The molecule has 0 aromatic carbocycles. The summed E-state index contributed by atoms with van der Waals surface area (Å²) in [6, 6.07) is -0.624. The molecule has 6 nitrogen and oxygen atoms in total. The Balaban J connectivity index is 3.32. The SMILES string of the molecule is CCCCCCCCC/C=C\CCCCCCCCCC(=O)OCCCCCCCCCCCCCCCCCCCCCCCCCCCCCCCCCCC(=O)NC(CO)C(O)/C=C/CCCCCCCCCCCCCCCC. The number of aliphatic hydroxyl groups excluding tert-OH is 2. The molecular formula is C77H149NO5. The Bertz CT molecular complexity index is 1300. The van der Waals surface area contributed by atoms with Crippen LogP contribution in [-0.4, -0.2) is 47.4 Å². The number of aliphatic hydroxyl groups is 2. The monoisotopic (exact) mass is 1170 g/mol. The summed E-state index contributed by atoms with van der Waals surface area (Å²) in [5.41, 5.74) is 0. The van der Waals surface area contributed by atoms with E-state index in [0.29, 0.717) is 19.4 Å². The molecule has 0 aromatic heterocycles. The van der Waals surface area contributed by atoms with E-state index < -0.39 is 12.1 Å². The van der Waals surface area contributed by atoms with Crippen molar-refractivity contribution in [2.24, 2.45) is 0 Å². The van der Waals surface area contributed by atoms with Crippen LogP contribution < -0.4 is 5.32 Å².